The zero-order valence-electron chi connectivity index (χ0n) is 32.3. The smallest absolute Gasteiger partial charge is 0.414 e. The van der Waals surface area contributed by atoms with Gasteiger partial charge in [0.05, 0.1) is 22.8 Å². The number of aromatic carboxylic acids is 1. The highest BCUT2D eigenvalue weighted by Gasteiger charge is 2.54. The van der Waals surface area contributed by atoms with Crippen LogP contribution in [0.5, 0.6) is 0 Å². The molecule has 314 valence electrons. The lowest BCUT2D eigenvalue weighted by atomic mass is 9.75. The van der Waals surface area contributed by atoms with Crippen molar-refractivity contribution in [1.29, 1.82) is 0 Å². The van der Waals surface area contributed by atoms with Gasteiger partial charge in [0.2, 0.25) is 5.96 Å². The topological polar surface area (TPSA) is 164 Å². The number of aliphatic imine (C=N–C) groups is 1. The maximum Gasteiger partial charge on any atom is 0.414 e. The van der Waals surface area contributed by atoms with E-state index in [4.69, 9.17) is 26.1 Å². The van der Waals surface area contributed by atoms with E-state index >= 15 is 4.79 Å². The Balaban J connectivity index is 1.64. The van der Waals surface area contributed by atoms with Crippen molar-refractivity contribution in [2.45, 2.75) is 77.5 Å². The summed E-state index contributed by atoms with van der Waals surface area (Å²) in [5, 5.41) is 17.6. The van der Waals surface area contributed by atoms with Gasteiger partial charge in [-0.25, -0.2) is 24.1 Å². The van der Waals surface area contributed by atoms with E-state index in [9.17, 15) is 41.4 Å². The molecule has 1 aliphatic rings. The Hall–Kier alpha value is -6.04. The summed E-state index contributed by atoms with van der Waals surface area (Å²) in [6.07, 6.45) is -5.14. The molecule has 4 aromatic rings. The van der Waals surface area contributed by atoms with Gasteiger partial charge in [0.1, 0.15) is 18.8 Å². The van der Waals surface area contributed by atoms with Crippen LogP contribution in [0.1, 0.15) is 80.7 Å². The fourth-order valence-corrected chi connectivity index (χ4v) is 6.46. The van der Waals surface area contributed by atoms with Gasteiger partial charge >= 0.3 is 30.9 Å². The molecule has 2 heterocycles. The van der Waals surface area contributed by atoms with Crippen molar-refractivity contribution >= 4 is 41.6 Å². The number of carboxylic acids is 1. The van der Waals surface area contributed by atoms with Crippen LogP contribution in [0.3, 0.4) is 0 Å². The van der Waals surface area contributed by atoms with Gasteiger partial charge in [-0.3, -0.25) is 15.0 Å². The number of amides is 3. The first-order valence-corrected chi connectivity index (χ1v) is 18.3. The lowest BCUT2D eigenvalue weighted by Gasteiger charge is -2.35. The highest BCUT2D eigenvalue weighted by atomic mass is 35.5. The van der Waals surface area contributed by atoms with Crippen molar-refractivity contribution in [1.82, 2.24) is 25.3 Å². The van der Waals surface area contributed by atoms with Gasteiger partial charge in [-0.1, -0.05) is 93.0 Å². The van der Waals surface area contributed by atoms with Crippen LogP contribution in [0.4, 0.5) is 31.5 Å². The molecule has 0 aliphatic carbocycles. The number of guanidine groups is 1. The number of alkyl halides is 5. The van der Waals surface area contributed by atoms with Gasteiger partial charge in [0.25, 0.3) is 5.91 Å². The first kappa shape index (κ1) is 44.1. The molecule has 0 saturated heterocycles. The molecule has 5 rings (SSSR count). The van der Waals surface area contributed by atoms with Crippen molar-refractivity contribution in [2.75, 3.05) is 6.61 Å². The van der Waals surface area contributed by atoms with Crippen LogP contribution >= 0.6 is 11.6 Å². The Morgan fingerprint density at radius 3 is 2.15 bits per heavy atom. The average molecular weight is 847 g/mol. The van der Waals surface area contributed by atoms with E-state index in [1.807, 2.05) is 20.8 Å². The SMILES string of the molecule is CC(C)(C)CC1(c2ccc(-c3cnn(C(F)F)c3)cc2)N=C(NC(=O)OCc2ccccc2)N([C@H](COC(=O)NC(C)(C)C(F)(F)F)c2ccc(Cl)c(C(=O)O)c2)C1=O. The van der Waals surface area contributed by atoms with Crippen LogP contribution in [-0.2, 0) is 26.4 Å². The molecule has 59 heavy (non-hydrogen) atoms. The molecule has 19 heteroatoms. The van der Waals surface area contributed by atoms with E-state index in [0.717, 1.165) is 17.2 Å². The van der Waals surface area contributed by atoms with Crippen LogP contribution < -0.4 is 10.6 Å². The first-order valence-electron chi connectivity index (χ1n) is 17.9. The number of benzene rings is 3. The number of carbonyl (C=O) groups is 4. The molecule has 13 nitrogen and oxygen atoms in total. The molecule has 0 radical (unpaired) electrons. The number of halogens is 6. The van der Waals surface area contributed by atoms with Crippen molar-refractivity contribution in [3.8, 4) is 11.1 Å². The van der Waals surface area contributed by atoms with Crippen molar-refractivity contribution in [2.24, 2.45) is 10.4 Å². The van der Waals surface area contributed by atoms with Gasteiger partial charge in [0.15, 0.2) is 5.54 Å². The molecule has 0 fully saturated rings. The lowest BCUT2D eigenvalue weighted by Crippen LogP contribution is -2.55. The number of rotatable bonds is 12. The third kappa shape index (κ3) is 10.2. The molecule has 0 saturated carbocycles. The number of nitrogens with one attached hydrogen (secondary N) is 2. The summed E-state index contributed by atoms with van der Waals surface area (Å²) in [6, 6.07) is 16.9. The molecule has 1 aliphatic heterocycles. The Bertz CT molecular complexity index is 2230. The average Bonchev–Trinajstić information content (AvgIpc) is 3.74. The molecular weight excluding hydrogens is 807 g/mol. The minimum atomic E-state index is -4.89. The predicted molar refractivity (Wildman–Crippen MR) is 204 cm³/mol. The summed E-state index contributed by atoms with van der Waals surface area (Å²) in [5.74, 6) is -2.72. The number of hydrogen-bond acceptors (Lipinski definition) is 8. The minimum Gasteiger partial charge on any atom is -0.478 e. The van der Waals surface area contributed by atoms with E-state index in [1.54, 1.807) is 59.9 Å². The Morgan fingerprint density at radius 1 is 0.915 bits per heavy atom. The fraction of sp³-hybridized carbons (Fsp3) is 0.350. The molecule has 3 amide bonds. The van der Waals surface area contributed by atoms with Crippen molar-refractivity contribution in [3.63, 3.8) is 0 Å². The predicted octanol–water partition coefficient (Wildman–Crippen LogP) is 8.86. The van der Waals surface area contributed by atoms with Gasteiger partial charge in [-0.05, 0) is 60.1 Å². The Labute approximate surface area is 340 Å². The minimum absolute atomic E-state index is 0.0202. The van der Waals surface area contributed by atoms with Gasteiger partial charge in [-0.2, -0.15) is 27.1 Å². The van der Waals surface area contributed by atoms with E-state index in [-0.39, 0.29) is 29.2 Å². The Kier molecular flexibility index (Phi) is 12.7. The van der Waals surface area contributed by atoms with Crippen LogP contribution in [0.2, 0.25) is 5.02 Å². The molecule has 3 aromatic carbocycles. The summed E-state index contributed by atoms with van der Waals surface area (Å²) in [6.45, 7) is 2.91. The number of carboxylic acid groups (broad SMARTS) is 1. The summed E-state index contributed by atoms with van der Waals surface area (Å²) in [5.41, 5.74) is -4.06. The van der Waals surface area contributed by atoms with Crippen LogP contribution in [0.25, 0.3) is 11.1 Å². The maximum atomic E-state index is 15.3. The number of aromatic nitrogens is 2. The summed E-state index contributed by atoms with van der Waals surface area (Å²) >= 11 is 6.18. The van der Waals surface area contributed by atoms with Crippen LogP contribution in [-0.4, -0.2) is 68.1 Å². The summed E-state index contributed by atoms with van der Waals surface area (Å²) < 4.78 is 78.9. The van der Waals surface area contributed by atoms with Crippen molar-refractivity contribution < 1.29 is 55.7 Å². The third-order valence-corrected chi connectivity index (χ3v) is 9.55. The second-order valence-corrected chi connectivity index (χ2v) is 15.8. The normalized spacial score (nSPS) is 16.4. The van der Waals surface area contributed by atoms with E-state index in [2.05, 4.69) is 10.4 Å². The monoisotopic (exact) mass is 846 g/mol. The molecule has 1 unspecified atom stereocenters. The fourth-order valence-electron chi connectivity index (χ4n) is 6.26. The van der Waals surface area contributed by atoms with Gasteiger partial charge < -0.3 is 19.9 Å². The highest BCUT2D eigenvalue weighted by molar-refractivity contribution is 6.33. The third-order valence-electron chi connectivity index (χ3n) is 9.22. The van der Waals surface area contributed by atoms with Crippen molar-refractivity contribution in [3.05, 3.63) is 112 Å². The van der Waals surface area contributed by atoms with E-state index in [0.29, 0.717) is 35.2 Å². The molecule has 1 aromatic heterocycles. The molecule has 3 N–H and O–H groups in total. The number of ether oxygens (including phenoxy) is 2. The van der Waals surface area contributed by atoms with E-state index in [1.165, 1.54) is 18.3 Å². The quantitative estimate of drug-likeness (QED) is 0.119. The van der Waals surface area contributed by atoms with Gasteiger partial charge in [-0.15, -0.1) is 0 Å². The number of hydrogen-bond donors (Lipinski definition) is 3. The summed E-state index contributed by atoms with van der Waals surface area (Å²) in [7, 11) is 0. The standard InChI is InChI=1S/C40H40ClF5N6O7/c1-37(2,3)22-39(27-14-11-24(12-15-27)26-18-47-51(19-26)33(42)43)32(55)52(34(49-39)48-35(56)58-20-23-9-7-6-8-10-23)30(25-13-16-29(41)28(17-25)31(53)54)21-59-36(57)50-38(4,5)40(44,45)46/h6-19,30,33H,20-22H2,1-5H3,(H,50,57)(H,53,54)(H,48,49,56)/t30-,39?/m1/s1. The van der Waals surface area contributed by atoms with Crippen LogP contribution in [0.15, 0.2) is 90.2 Å². The second-order valence-electron chi connectivity index (χ2n) is 15.4. The molecule has 0 bridgehead atoms. The van der Waals surface area contributed by atoms with Gasteiger partial charge in [0, 0.05) is 11.8 Å². The maximum absolute atomic E-state index is 15.3. The zero-order valence-corrected chi connectivity index (χ0v) is 33.1. The molecule has 2 atom stereocenters. The Morgan fingerprint density at radius 2 is 1.58 bits per heavy atom. The first-order chi connectivity index (χ1) is 27.5. The largest absolute Gasteiger partial charge is 0.478 e. The number of alkyl carbamates (subject to hydrolysis) is 2. The van der Waals surface area contributed by atoms with E-state index < -0.39 is 77.5 Å². The number of carbonyl (C=O) groups excluding carboxylic acids is 3. The number of nitrogens with zero attached hydrogens (tertiary/aromatic N) is 4. The second kappa shape index (κ2) is 17.1. The zero-order chi connectivity index (χ0) is 43.5. The van der Waals surface area contributed by atoms with Crippen LogP contribution in [0, 0.1) is 5.41 Å². The summed E-state index contributed by atoms with van der Waals surface area (Å²) in [4.78, 5) is 59.7. The highest BCUT2D eigenvalue weighted by Crippen LogP contribution is 2.46. The lowest BCUT2D eigenvalue weighted by molar-refractivity contribution is -0.183. The molecular formula is C40H40ClF5N6O7. The molecule has 0 spiro atoms.